The lowest BCUT2D eigenvalue weighted by Gasteiger charge is -2.30. The molecule has 0 bridgehead atoms. The van der Waals surface area contributed by atoms with Gasteiger partial charge in [0.1, 0.15) is 5.54 Å². The molecule has 0 aromatic rings. The first-order chi connectivity index (χ1) is 8.45. The summed E-state index contributed by atoms with van der Waals surface area (Å²) in [6, 6.07) is 2.68. The Kier molecular flexibility index (Phi) is 6.07. The van der Waals surface area contributed by atoms with Crippen molar-refractivity contribution in [2.24, 2.45) is 5.92 Å². The van der Waals surface area contributed by atoms with Gasteiger partial charge in [0.25, 0.3) is 0 Å². The molecule has 0 aromatic carbocycles. The van der Waals surface area contributed by atoms with Crippen molar-refractivity contribution in [2.45, 2.75) is 45.2 Å². The summed E-state index contributed by atoms with van der Waals surface area (Å²) >= 11 is 0. The maximum Gasteiger partial charge on any atom is 0.116 e. The molecule has 0 aromatic heterocycles. The number of nitrogens with one attached hydrogen (secondary N) is 1. The predicted molar refractivity (Wildman–Crippen MR) is 73.3 cm³/mol. The second-order valence-corrected chi connectivity index (χ2v) is 6.00. The zero-order valence-corrected chi connectivity index (χ0v) is 12.2. The zero-order valence-electron chi connectivity index (χ0n) is 12.2. The quantitative estimate of drug-likeness (QED) is 0.634. The maximum absolute atomic E-state index is 9.27. The molecule has 1 fully saturated rings. The summed E-state index contributed by atoms with van der Waals surface area (Å²) in [6.07, 6.45) is 2.67. The van der Waals surface area contributed by atoms with Gasteiger partial charge in [0, 0.05) is 25.7 Å². The average molecular weight is 253 g/mol. The van der Waals surface area contributed by atoms with Crippen molar-refractivity contribution in [1.29, 1.82) is 5.26 Å². The zero-order chi connectivity index (χ0) is 13.6. The molecule has 1 saturated carbocycles. The van der Waals surface area contributed by atoms with E-state index in [-0.39, 0.29) is 0 Å². The van der Waals surface area contributed by atoms with Gasteiger partial charge in [-0.1, -0.05) is 0 Å². The van der Waals surface area contributed by atoms with Crippen molar-refractivity contribution < 1.29 is 4.74 Å². The molecule has 4 nitrogen and oxygen atoms in total. The number of nitriles is 1. The van der Waals surface area contributed by atoms with Crippen LogP contribution in [0.5, 0.6) is 0 Å². The van der Waals surface area contributed by atoms with Gasteiger partial charge in [0.15, 0.2) is 0 Å². The number of ether oxygens (including phenoxy) is 1. The van der Waals surface area contributed by atoms with Crippen LogP contribution in [0.2, 0.25) is 0 Å². The summed E-state index contributed by atoms with van der Waals surface area (Å²) in [7, 11) is 2.04. The van der Waals surface area contributed by atoms with E-state index in [1.807, 2.05) is 14.0 Å². The van der Waals surface area contributed by atoms with Gasteiger partial charge in [-0.25, -0.2) is 0 Å². The normalized spacial score (nSPS) is 18.9. The molecule has 4 heteroatoms. The van der Waals surface area contributed by atoms with E-state index in [1.165, 1.54) is 12.8 Å². The molecular formula is C14H27N3O. The molecular weight excluding hydrogens is 226 g/mol. The minimum atomic E-state index is -0.487. The van der Waals surface area contributed by atoms with Crippen molar-refractivity contribution in [1.82, 2.24) is 10.2 Å². The Morgan fingerprint density at radius 3 is 2.67 bits per heavy atom. The van der Waals surface area contributed by atoms with E-state index in [0.717, 1.165) is 25.7 Å². The summed E-state index contributed by atoms with van der Waals surface area (Å²) in [6.45, 7) is 9.35. The number of nitrogens with zero attached hydrogens (tertiary/aromatic N) is 2. The van der Waals surface area contributed by atoms with Crippen LogP contribution in [0.25, 0.3) is 0 Å². The van der Waals surface area contributed by atoms with Crippen LogP contribution in [0.3, 0.4) is 0 Å². The second kappa shape index (κ2) is 7.08. The van der Waals surface area contributed by atoms with Gasteiger partial charge < -0.3 is 9.64 Å². The highest BCUT2D eigenvalue weighted by atomic mass is 16.5. The Morgan fingerprint density at radius 1 is 1.50 bits per heavy atom. The lowest BCUT2D eigenvalue weighted by Crippen LogP contribution is -2.52. The molecule has 0 amide bonds. The Labute approximate surface area is 111 Å². The number of hydrogen-bond donors (Lipinski definition) is 1. The van der Waals surface area contributed by atoms with E-state index in [0.29, 0.717) is 12.6 Å². The van der Waals surface area contributed by atoms with E-state index in [2.05, 4.69) is 30.1 Å². The van der Waals surface area contributed by atoms with E-state index in [4.69, 9.17) is 4.74 Å². The van der Waals surface area contributed by atoms with Crippen molar-refractivity contribution in [3.63, 3.8) is 0 Å². The highest BCUT2D eigenvalue weighted by Gasteiger charge is 2.26. The number of likely N-dealkylation sites (N-methyl/N-ethyl adjacent to an activating group) is 1. The molecule has 1 rings (SSSR count). The standard InChI is InChI=1S/C14H27N3O/c1-12(2)16-14(3,10-15)11-17(4)7-8-18-9-13-5-6-13/h12-13,16H,5-9,11H2,1-4H3. The third-order valence-electron chi connectivity index (χ3n) is 3.11. The van der Waals surface area contributed by atoms with Crippen LogP contribution in [-0.4, -0.2) is 49.8 Å². The van der Waals surface area contributed by atoms with Crippen LogP contribution in [0.4, 0.5) is 0 Å². The van der Waals surface area contributed by atoms with Crippen LogP contribution >= 0.6 is 0 Å². The lowest BCUT2D eigenvalue weighted by molar-refractivity contribution is 0.0979. The molecule has 1 aliphatic rings. The van der Waals surface area contributed by atoms with Gasteiger partial charge >= 0.3 is 0 Å². The smallest absolute Gasteiger partial charge is 0.116 e. The van der Waals surface area contributed by atoms with Crippen molar-refractivity contribution in [3.05, 3.63) is 0 Å². The van der Waals surface area contributed by atoms with Crippen LogP contribution in [0.15, 0.2) is 0 Å². The molecule has 0 radical (unpaired) electrons. The van der Waals surface area contributed by atoms with E-state index in [1.54, 1.807) is 0 Å². The monoisotopic (exact) mass is 253 g/mol. The number of hydrogen-bond acceptors (Lipinski definition) is 4. The summed E-state index contributed by atoms with van der Waals surface area (Å²) in [5.74, 6) is 0.822. The predicted octanol–water partition coefficient (Wildman–Crippen LogP) is 1.63. The highest BCUT2D eigenvalue weighted by Crippen LogP contribution is 2.28. The van der Waals surface area contributed by atoms with Crippen LogP contribution in [-0.2, 0) is 4.74 Å². The van der Waals surface area contributed by atoms with Gasteiger partial charge in [0.2, 0.25) is 0 Å². The Balaban J connectivity index is 2.18. The first-order valence-corrected chi connectivity index (χ1v) is 6.90. The van der Waals surface area contributed by atoms with Gasteiger partial charge in [-0.3, -0.25) is 5.32 Å². The van der Waals surface area contributed by atoms with Crippen LogP contribution < -0.4 is 5.32 Å². The molecule has 1 atom stereocenters. The Hall–Kier alpha value is -0.630. The summed E-state index contributed by atoms with van der Waals surface area (Å²) < 4.78 is 5.61. The topological polar surface area (TPSA) is 48.3 Å². The fraction of sp³-hybridized carbons (Fsp3) is 0.929. The van der Waals surface area contributed by atoms with Gasteiger partial charge in [0.05, 0.1) is 12.7 Å². The third kappa shape index (κ3) is 6.34. The molecule has 0 spiro atoms. The molecule has 1 aliphatic carbocycles. The van der Waals surface area contributed by atoms with Crippen molar-refractivity contribution in [3.8, 4) is 6.07 Å². The fourth-order valence-corrected chi connectivity index (χ4v) is 2.12. The summed E-state index contributed by atoms with van der Waals surface area (Å²) in [5, 5.41) is 12.6. The largest absolute Gasteiger partial charge is 0.380 e. The Morgan fingerprint density at radius 2 is 2.17 bits per heavy atom. The SMILES string of the molecule is CC(C)NC(C)(C#N)CN(C)CCOCC1CC1. The molecule has 0 aliphatic heterocycles. The first kappa shape index (κ1) is 15.4. The average Bonchev–Trinajstić information content (AvgIpc) is 3.07. The van der Waals surface area contributed by atoms with Gasteiger partial charge in [-0.15, -0.1) is 0 Å². The number of rotatable bonds is 9. The second-order valence-electron chi connectivity index (χ2n) is 6.00. The fourth-order valence-electron chi connectivity index (χ4n) is 2.12. The minimum absolute atomic E-state index is 0.314. The van der Waals surface area contributed by atoms with E-state index >= 15 is 0 Å². The molecule has 0 saturated heterocycles. The molecule has 1 N–H and O–H groups in total. The van der Waals surface area contributed by atoms with Gasteiger partial charge in [-0.2, -0.15) is 5.26 Å². The summed E-state index contributed by atoms with van der Waals surface area (Å²) in [4.78, 5) is 2.16. The van der Waals surface area contributed by atoms with Crippen molar-refractivity contribution >= 4 is 0 Å². The lowest BCUT2D eigenvalue weighted by atomic mass is 10.0. The summed E-state index contributed by atoms with van der Waals surface area (Å²) in [5.41, 5.74) is -0.487. The molecule has 0 heterocycles. The minimum Gasteiger partial charge on any atom is -0.380 e. The van der Waals surface area contributed by atoms with E-state index in [9.17, 15) is 5.26 Å². The van der Waals surface area contributed by atoms with Crippen LogP contribution in [0.1, 0.15) is 33.6 Å². The molecule has 1 unspecified atom stereocenters. The Bertz CT molecular complexity index is 283. The highest BCUT2D eigenvalue weighted by molar-refractivity contribution is 5.06. The van der Waals surface area contributed by atoms with E-state index < -0.39 is 5.54 Å². The molecule has 18 heavy (non-hydrogen) atoms. The van der Waals surface area contributed by atoms with Crippen LogP contribution in [0, 0.1) is 17.2 Å². The third-order valence-corrected chi connectivity index (χ3v) is 3.11. The molecule has 104 valence electrons. The van der Waals surface area contributed by atoms with Crippen molar-refractivity contribution in [2.75, 3.05) is 33.4 Å². The maximum atomic E-state index is 9.27. The first-order valence-electron chi connectivity index (χ1n) is 6.90. The van der Waals surface area contributed by atoms with Gasteiger partial charge in [-0.05, 0) is 46.6 Å².